The molecule has 1 fully saturated rings. The second kappa shape index (κ2) is 5.47. The first kappa shape index (κ1) is 12.3. The average Bonchev–Trinajstić information content (AvgIpc) is 2.39. The molecule has 2 heterocycles. The molecule has 1 saturated heterocycles. The van der Waals surface area contributed by atoms with E-state index in [1.807, 2.05) is 0 Å². The summed E-state index contributed by atoms with van der Waals surface area (Å²) in [6, 6.07) is 1.64. The first-order valence-corrected chi connectivity index (χ1v) is 6.10. The van der Waals surface area contributed by atoms with E-state index in [1.54, 1.807) is 17.2 Å². The number of halogens is 1. The van der Waals surface area contributed by atoms with E-state index in [9.17, 15) is 4.79 Å². The maximum atomic E-state index is 12.2. The van der Waals surface area contributed by atoms with E-state index in [2.05, 4.69) is 4.98 Å². The molecule has 1 aliphatic heterocycles. The highest BCUT2D eigenvalue weighted by molar-refractivity contribution is 6.33. The number of carbonyl (C=O) groups excluding carboxylic acids is 1. The van der Waals surface area contributed by atoms with Crippen molar-refractivity contribution < 1.29 is 9.90 Å². The molecule has 0 spiro atoms. The van der Waals surface area contributed by atoms with Crippen molar-refractivity contribution in [2.75, 3.05) is 19.7 Å². The quantitative estimate of drug-likeness (QED) is 0.872. The fraction of sp³-hybridized carbons (Fsp3) is 0.500. The van der Waals surface area contributed by atoms with E-state index in [1.165, 1.54) is 6.20 Å². The molecule has 4 nitrogen and oxygen atoms in total. The molecule has 92 valence electrons. The summed E-state index contributed by atoms with van der Waals surface area (Å²) < 4.78 is 0. The van der Waals surface area contributed by atoms with E-state index in [0.717, 1.165) is 12.8 Å². The lowest BCUT2D eigenvalue weighted by Crippen LogP contribution is -2.39. The lowest BCUT2D eigenvalue weighted by molar-refractivity contribution is 0.0651. The molecule has 17 heavy (non-hydrogen) atoms. The zero-order valence-electron chi connectivity index (χ0n) is 9.47. The second-order valence-electron chi connectivity index (χ2n) is 4.27. The van der Waals surface area contributed by atoms with Crippen LogP contribution in [0.5, 0.6) is 0 Å². The van der Waals surface area contributed by atoms with Crippen LogP contribution in [0.25, 0.3) is 0 Å². The summed E-state index contributed by atoms with van der Waals surface area (Å²) in [7, 11) is 0. The predicted molar refractivity (Wildman–Crippen MR) is 65.0 cm³/mol. The number of aromatic nitrogens is 1. The summed E-state index contributed by atoms with van der Waals surface area (Å²) in [4.78, 5) is 17.8. The van der Waals surface area contributed by atoms with Gasteiger partial charge >= 0.3 is 0 Å². The molecule has 0 radical (unpaired) electrons. The molecule has 1 amide bonds. The SMILES string of the molecule is O=C(c1ccncc1Cl)N1CCC(CO)CC1. The number of nitrogens with zero attached hydrogens (tertiary/aromatic N) is 2. The molecule has 1 aliphatic rings. The Morgan fingerprint density at radius 1 is 1.53 bits per heavy atom. The number of hydrogen-bond acceptors (Lipinski definition) is 3. The third kappa shape index (κ3) is 2.76. The molecule has 0 atom stereocenters. The standard InChI is InChI=1S/C12H15ClN2O2/c13-11-7-14-4-1-10(11)12(17)15-5-2-9(8-16)3-6-15/h1,4,7,9,16H,2-3,5-6,8H2. The number of rotatable bonds is 2. The van der Waals surface area contributed by atoms with Crippen LogP contribution in [0.4, 0.5) is 0 Å². The van der Waals surface area contributed by atoms with Crippen LogP contribution in [0.1, 0.15) is 23.2 Å². The average molecular weight is 255 g/mol. The third-order valence-electron chi connectivity index (χ3n) is 3.16. The highest BCUT2D eigenvalue weighted by atomic mass is 35.5. The Kier molecular flexibility index (Phi) is 3.97. The largest absolute Gasteiger partial charge is 0.396 e. The lowest BCUT2D eigenvalue weighted by atomic mass is 9.97. The summed E-state index contributed by atoms with van der Waals surface area (Å²) in [5.74, 6) is 0.278. The Balaban J connectivity index is 2.04. The van der Waals surface area contributed by atoms with Crippen LogP contribution < -0.4 is 0 Å². The van der Waals surface area contributed by atoms with Crippen molar-refractivity contribution in [2.24, 2.45) is 5.92 Å². The molecule has 0 aromatic carbocycles. The Morgan fingerprint density at radius 3 is 2.82 bits per heavy atom. The van der Waals surface area contributed by atoms with Crippen molar-refractivity contribution in [3.8, 4) is 0 Å². The normalized spacial score (nSPS) is 17.2. The maximum absolute atomic E-state index is 12.2. The second-order valence-corrected chi connectivity index (χ2v) is 4.68. The molecule has 2 rings (SSSR count). The topological polar surface area (TPSA) is 53.4 Å². The molecule has 5 heteroatoms. The van der Waals surface area contributed by atoms with Gasteiger partial charge in [0, 0.05) is 32.1 Å². The molecule has 1 N–H and O–H groups in total. The van der Waals surface area contributed by atoms with E-state index >= 15 is 0 Å². The van der Waals surface area contributed by atoms with Crippen molar-refractivity contribution in [2.45, 2.75) is 12.8 Å². The van der Waals surface area contributed by atoms with Gasteiger partial charge in [-0.15, -0.1) is 0 Å². The first-order chi connectivity index (χ1) is 8.22. The maximum Gasteiger partial charge on any atom is 0.255 e. The lowest BCUT2D eigenvalue weighted by Gasteiger charge is -2.31. The van der Waals surface area contributed by atoms with Gasteiger partial charge in [-0.2, -0.15) is 0 Å². The van der Waals surface area contributed by atoms with Gasteiger partial charge in [-0.3, -0.25) is 9.78 Å². The summed E-state index contributed by atoms with van der Waals surface area (Å²) in [5, 5.41) is 9.43. The Labute approximate surface area is 105 Å². The number of amides is 1. The van der Waals surface area contributed by atoms with Crippen LogP contribution in [-0.4, -0.2) is 40.6 Å². The highest BCUT2D eigenvalue weighted by Gasteiger charge is 2.24. The summed E-state index contributed by atoms with van der Waals surface area (Å²) in [5.41, 5.74) is 0.504. The van der Waals surface area contributed by atoms with Crippen molar-refractivity contribution >= 4 is 17.5 Å². The van der Waals surface area contributed by atoms with Gasteiger partial charge in [-0.05, 0) is 24.8 Å². The zero-order valence-corrected chi connectivity index (χ0v) is 10.2. The molecule has 1 aromatic heterocycles. The van der Waals surface area contributed by atoms with Crippen molar-refractivity contribution in [3.05, 3.63) is 29.0 Å². The number of likely N-dealkylation sites (tertiary alicyclic amines) is 1. The number of piperidine rings is 1. The minimum Gasteiger partial charge on any atom is -0.396 e. The molecule has 0 bridgehead atoms. The minimum absolute atomic E-state index is 0.0474. The molecular weight excluding hydrogens is 240 g/mol. The van der Waals surface area contributed by atoms with E-state index in [0.29, 0.717) is 29.6 Å². The number of pyridine rings is 1. The van der Waals surface area contributed by atoms with Gasteiger partial charge in [-0.1, -0.05) is 11.6 Å². The number of carbonyl (C=O) groups is 1. The summed E-state index contributed by atoms with van der Waals surface area (Å²) in [6.45, 7) is 1.57. The van der Waals surface area contributed by atoms with Crippen LogP contribution in [-0.2, 0) is 0 Å². The van der Waals surface area contributed by atoms with Crippen LogP contribution in [0.15, 0.2) is 18.5 Å². The van der Waals surface area contributed by atoms with Gasteiger partial charge in [0.1, 0.15) is 0 Å². The number of aliphatic hydroxyl groups is 1. The number of hydrogen-bond donors (Lipinski definition) is 1. The van der Waals surface area contributed by atoms with E-state index < -0.39 is 0 Å². The Hall–Kier alpha value is -1.13. The Bertz CT molecular complexity index is 403. The first-order valence-electron chi connectivity index (χ1n) is 5.72. The van der Waals surface area contributed by atoms with Crippen molar-refractivity contribution in [1.82, 2.24) is 9.88 Å². The monoisotopic (exact) mass is 254 g/mol. The molecule has 1 aromatic rings. The molecule has 0 aliphatic carbocycles. The van der Waals surface area contributed by atoms with Gasteiger partial charge in [0.05, 0.1) is 10.6 Å². The van der Waals surface area contributed by atoms with Crippen LogP contribution in [0.2, 0.25) is 5.02 Å². The van der Waals surface area contributed by atoms with E-state index in [-0.39, 0.29) is 12.5 Å². The zero-order chi connectivity index (χ0) is 12.3. The van der Waals surface area contributed by atoms with Crippen molar-refractivity contribution in [3.63, 3.8) is 0 Å². The fourth-order valence-corrected chi connectivity index (χ4v) is 2.24. The molecular formula is C12H15ClN2O2. The minimum atomic E-state index is -0.0474. The Morgan fingerprint density at radius 2 is 2.24 bits per heavy atom. The van der Waals surface area contributed by atoms with Crippen molar-refractivity contribution in [1.29, 1.82) is 0 Å². The van der Waals surface area contributed by atoms with Crippen LogP contribution in [0.3, 0.4) is 0 Å². The smallest absolute Gasteiger partial charge is 0.255 e. The predicted octanol–water partition coefficient (Wildman–Crippen LogP) is 1.58. The highest BCUT2D eigenvalue weighted by Crippen LogP contribution is 2.21. The van der Waals surface area contributed by atoms with E-state index in [4.69, 9.17) is 16.7 Å². The van der Waals surface area contributed by atoms with Gasteiger partial charge < -0.3 is 10.0 Å². The van der Waals surface area contributed by atoms with Gasteiger partial charge in [0.2, 0.25) is 0 Å². The van der Waals surface area contributed by atoms with Gasteiger partial charge in [-0.25, -0.2) is 0 Å². The third-order valence-corrected chi connectivity index (χ3v) is 3.46. The van der Waals surface area contributed by atoms with Crippen LogP contribution >= 0.6 is 11.6 Å². The number of aliphatic hydroxyl groups excluding tert-OH is 1. The van der Waals surface area contributed by atoms with Gasteiger partial charge in [0.25, 0.3) is 5.91 Å². The summed E-state index contributed by atoms with van der Waals surface area (Å²) >= 11 is 5.94. The van der Waals surface area contributed by atoms with Crippen LogP contribution in [0, 0.1) is 5.92 Å². The molecule has 0 unspecified atom stereocenters. The fourth-order valence-electron chi connectivity index (χ4n) is 2.04. The molecule has 0 saturated carbocycles. The summed E-state index contributed by atoms with van der Waals surface area (Å²) in [6.07, 6.45) is 4.75. The van der Waals surface area contributed by atoms with Gasteiger partial charge in [0.15, 0.2) is 0 Å².